The molecule has 2 aromatic carbocycles. The molecule has 0 spiro atoms. The smallest absolute Gasteiger partial charge is 0.175 e. The van der Waals surface area contributed by atoms with Gasteiger partial charge in [0.15, 0.2) is 9.84 Å². The van der Waals surface area contributed by atoms with Gasteiger partial charge in [0, 0.05) is 6.26 Å². The molecule has 0 bridgehead atoms. The van der Waals surface area contributed by atoms with Gasteiger partial charge in [0.1, 0.15) is 36.3 Å². The summed E-state index contributed by atoms with van der Waals surface area (Å²) in [5.74, 6) is 0.846. The van der Waals surface area contributed by atoms with Crippen LogP contribution in [0.1, 0.15) is 34.8 Å². The number of fused-ring (bicyclic) bond motifs is 1. The van der Waals surface area contributed by atoms with Gasteiger partial charge in [-0.05, 0) is 53.6 Å². The summed E-state index contributed by atoms with van der Waals surface area (Å²) in [6, 6.07) is 10.4. The normalized spacial score (nSPS) is 28.1. The highest BCUT2D eigenvalue weighted by molar-refractivity contribution is 7.90. The minimum absolute atomic E-state index is 0.166. The van der Waals surface area contributed by atoms with E-state index in [1.165, 1.54) is 12.1 Å². The molecule has 2 aliphatic heterocycles. The summed E-state index contributed by atoms with van der Waals surface area (Å²) in [6.07, 6.45) is -3.19. The fourth-order valence-corrected chi connectivity index (χ4v) is 5.32. The number of rotatable bonds is 5. The zero-order valence-electron chi connectivity index (χ0n) is 17.7. The molecule has 1 fully saturated rings. The van der Waals surface area contributed by atoms with Gasteiger partial charge in [-0.2, -0.15) is 0 Å². The van der Waals surface area contributed by atoms with Crippen LogP contribution in [0.4, 0.5) is 0 Å². The predicted molar refractivity (Wildman–Crippen MR) is 115 cm³/mol. The molecule has 0 amide bonds. The average Bonchev–Trinajstić information content (AvgIpc) is 2.77. The molecule has 4 N–H and O–H groups in total. The van der Waals surface area contributed by atoms with Gasteiger partial charge < -0.3 is 29.9 Å². The second kappa shape index (κ2) is 9.09. The van der Waals surface area contributed by atoms with Crippen molar-refractivity contribution in [2.24, 2.45) is 0 Å². The third-order valence-corrected chi connectivity index (χ3v) is 7.27. The van der Waals surface area contributed by atoms with E-state index in [1.54, 1.807) is 6.07 Å². The molecular weight excluding hydrogens is 436 g/mol. The highest BCUT2D eigenvalue weighted by atomic mass is 32.2. The Morgan fingerprint density at radius 2 is 1.81 bits per heavy atom. The molecule has 32 heavy (non-hydrogen) atoms. The summed E-state index contributed by atoms with van der Waals surface area (Å²) in [4.78, 5) is 0.166. The van der Waals surface area contributed by atoms with Crippen LogP contribution in [0.25, 0.3) is 0 Å². The summed E-state index contributed by atoms with van der Waals surface area (Å²) in [5.41, 5.74) is 2.98. The standard InChI is InChI=1S/C23H28O8S/c1-32(28,29)19-7-5-15(23-22(27)21(26)20(25)18(12-24)31-23)11-16(19)10-13-4-6-17-14(9-13)3-2-8-30-17/h4-7,9,11,18,20-27H,2-3,8,10,12H2,1H3/t18-,20-,21+,22-,23+/m1/s1. The van der Waals surface area contributed by atoms with Crippen LogP contribution in [-0.2, 0) is 27.4 Å². The average molecular weight is 465 g/mol. The van der Waals surface area contributed by atoms with Crippen LogP contribution in [0.2, 0.25) is 0 Å². The number of aryl methyl sites for hydroxylation is 1. The van der Waals surface area contributed by atoms with Crippen LogP contribution in [0.5, 0.6) is 5.75 Å². The van der Waals surface area contributed by atoms with Gasteiger partial charge in [0.25, 0.3) is 0 Å². The van der Waals surface area contributed by atoms with Crippen LogP contribution in [-0.4, -0.2) is 72.7 Å². The lowest BCUT2D eigenvalue weighted by Crippen LogP contribution is -2.55. The Kier molecular flexibility index (Phi) is 6.58. The van der Waals surface area contributed by atoms with Gasteiger partial charge in [-0.25, -0.2) is 8.42 Å². The van der Waals surface area contributed by atoms with E-state index in [4.69, 9.17) is 9.47 Å². The molecule has 0 radical (unpaired) electrons. The Morgan fingerprint density at radius 3 is 2.53 bits per heavy atom. The highest BCUT2D eigenvalue weighted by Gasteiger charge is 2.44. The van der Waals surface area contributed by atoms with E-state index in [0.717, 1.165) is 36.0 Å². The molecule has 4 rings (SSSR count). The number of ether oxygens (including phenoxy) is 2. The molecule has 9 heteroatoms. The first-order valence-corrected chi connectivity index (χ1v) is 12.5. The zero-order valence-corrected chi connectivity index (χ0v) is 18.5. The number of hydrogen-bond acceptors (Lipinski definition) is 8. The summed E-state index contributed by atoms with van der Waals surface area (Å²) in [5, 5.41) is 40.1. The molecule has 0 aliphatic carbocycles. The SMILES string of the molecule is CS(=O)(=O)c1ccc([C@@H]2O[C@H](CO)[C@@H](O)[C@H](O)[C@H]2O)cc1Cc1ccc2c(c1)CCCO2. The quantitative estimate of drug-likeness (QED) is 0.503. The van der Waals surface area contributed by atoms with Crippen molar-refractivity contribution in [2.45, 2.75) is 54.7 Å². The van der Waals surface area contributed by atoms with Gasteiger partial charge in [0.05, 0.1) is 18.1 Å². The Hall–Kier alpha value is -2.01. The van der Waals surface area contributed by atoms with Gasteiger partial charge in [0.2, 0.25) is 0 Å². The summed E-state index contributed by atoms with van der Waals surface area (Å²) in [7, 11) is -3.52. The highest BCUT2D eigenvalue weighted by Crippen LogP contribution is 2.35. The van der Waals surface area contributed by atoms with Crippen molar-refractivity contribution in [3.8, 4) is 5.75 Å². The van der Waals surface area contributed by atoms with Crippen LogP contribution < -0.4 is 4.74 Å². The predicted octanol–water partition coefficient (Wildman–Crippen LogP) is 0.521. The molecule has 2 heterocycles. The Labute approximate surface area is 187 Å². The van der Waals surface area contributed by atoms with Gasteiger partial charge in [-0.3, -0.25) is 0 Å². The summed E-state index contributed by atoms with van der Waals surface area (Å²) < 4.78 is 36.1. The Balaban J connectivity index is 1.70. The lowest BCUT2D eigenvalue weighted by molar-refractivity contribution is -0.231. The molecule has 1 saturated heterocycles. The van der Waals surface area contributed by atoms with E-state index in [9.17, 15) is 28.8 Å². The van der Waals surface area contributed by atoms with Gasteiger partial charge >= 0.3 is 0 Å². The molecule has 2 aliphatic rings. The van der Waals surface area contributed by atoms with Crippen molar-refractivity contribution in [3.05, 3.63) is 58.7 Å². The first kappa shape index (κ1) is 23.2. The maximum Gasteiger partial charge on any atom is 0.175 e. The van der Waals surface area contributed by atoms with Crippen molar-refractivity contribution in [1.82, 2.24) is 0 Å². The van der Waals surface area contributed by atoms with Crippen LogP contribution in [0.3, 0.4) is 0 Å². The molecule has 0 aromatic heterocycles. The second-order valence-electron chi connectivity index (χ2n) is 8.46. The number of hydrogen-bond donors (Lipinski definition) is 4. The molecule has 0 saturated carbocycles. The largest absolute Gasteiger partial charge is 0.493 e. The fraction of sp³-hybridized carbons (Fsp3) is 0.478. The minimum atomic E-state index is -3.52. The Morgan fingerprint density at radius 1 is 1.03 bits per heavy atom. The number of sulfone groups is 1. The Bertz CT molecular complexity index is 1080. The van der Waals surface area contributed by atoms with Crippen molar-refractivity contribution in [2.75, 3.05) is 19.5 Å². The van der Waals surface area contributed by atoms with Crippen molar-refractivity contribution in [1.29, 1.82) is 0 Å². The molecule has 2 aromatic rings. The lowest BCUT2D eigenvalue weighted by Gasteiger charge is -2.40. The molecule has 5 atom stereocenters. The molecule has 0 unspecified atom stereocenters. The monoisotopic (exact) mass is 464 g/mol. The van der Waals surface area contributed by atoms with Crippen LogP contribution in [0, 0.1) is 0 Å². The van der Waals surface area contributed by atoms with E-state index in [2.05, 4.69) is 0 Å². The number of benzene rings is 2. The van der Waals surface area contributed by atoms with E-state index >= 15 is 0 Å². The summed E-state index contributed by atoms with van der Waals surface area (Å²) in [6.45, 7) is 0.151. The lowest BCUT2D eigenvalue weighted by atomic mass is 9.90. The maximum atomic E-state index is 12.4. The molecule has 8 nitrogen and oxygen atoms in total. The van der Waals surface area contributed by atoms with E-state index in [-0.39, 0.29) is 4.90 Å². The molecule has 174 valence electrons. The topological polar surface area (TPSA) is 134 Å². The number of aliphatic hydroxyl groups excluding tert-OH is 4. The fourth-order valence-electron chi connectivity index (χ4n) is 4.40. The third-order valence-electron chi connectivity index (χ3n) is 6.07. The van der Waals surface area contributed by atoms with E-state index < -0.39 is 47.0 Å². The minimum Gasteiger partial charge on any atom is -0.493 e. The van der Waals surface area contributed by atoms with Crippen LogP contribution in [0.15, 0.2) is 41.3 Å². The van der Waals surface area contributed by atoms with Gasteiger partial charge in [-0.15, -0.1) is 0 Å². The van der Waals surface area contributed by atoms with Crippen molar-refractivity contribution < 1.29 is 38.3 Å². The van der Waals surface area contributed by atoms with E-state index in [0.29, 0.717) is 24.2 Å². The summed E-state index contributed by atoms with van der Waals surface area (Å²) >= 11 is 0. The number of aliphatic hydroxyl groups is 4. The van der Waals surface area contributed by atoms with Crippen molar-refractivity contribution in [3.63, 3.8) is 0 Å². The van der Waals surface area contributed by atoms with E-state index in [1.807, 2.05) is 18.2 Å². The van der Waals surface area contributed by atoms with Gasteiger partial charge in [-0.1, -0.05) is 24.3 Å². The maximum absolute atomic E-state index is 12.4. The molecular formula is C23H28O8S. The van der Waals surface area contributed by atoms with Crippen molar-refractivity contribution >= 4 is 9.84 Å². The first-order valence-electron chi connectivity index (χ1n) is 10.6. The zero-order chi connectivity index (χ0) is 23.0. The first-order chi connectivity index (χ1) is 15.2. The van der Waals surface area contributed by atoms with Crippen LogP contribution >= 0.6 is 0 Å². The third kappa shape index (κ3) is 4.54. The second-order valence-corrected chi connectivity index (χ2v) is 10.4.